The van der Waals surface area contributed by atoms with E-state index in [0.29, 0.717) is 0 Å². The van der Waals surface area contributed by atoms with Crippen molar-refractivity contribution in [2.45, 2.75) is 0 Å². The Morgan fingerprint density at radius 1 is 1.44 bits per heavy atom. The van der Waals surface area contributed by atoms with Crippen molar-refractivity contribution >= 4 is 28.0 Å². The molecule has 1 aromatic carbocycles. The molecule has 0 atom stereocenters. The maximum Gasteiger partial charge on any atom is 0.189 e. The van der Waals surface area contributed by atoms with Crippen LogP contribution in [0.4, 0.5) is 10.8 Å². The molecule has 0 bridgehead atoms. The zero-order valence-corrected chi connectivity index (χ0v) is 9.66. The minimum atomic E-state index is 0.0685. The van der Waals surface area contributed by atoms with E-state index >= 15 is 0 Å². The lowest BCUT2D eigenvalue weighted by atomic mass is 10.1. The minimum absolute atomic E-state index is 0.0685. The number of benzene rings is 1. The first-order valence-corrected chi connectivity index (χ1v) is 5.65. The molecule has 0 amide bonds. The molecule has 1 heterocycles. The third-order valence-corrected chi connectivity index (χ3v) is 3.11. The van der Waals surface area contributed by atoms with Gasteiger partial charge in [-0.1, -0.05) is 12.1 Å². The second-order valence-electron chi connectivity index (χ2n) is 3.30. The van der Waals surface area contributed by atoms with Gasteiger partial charge < -0.3 is 10.6 Å². The van der Waals surface area contributed by atoms with E-state index in [0.717, 1.165) is 16.4 Å². The van der Waals surface area contributed by atoms with Gasteiger partial charge in [-0.3, -0.25) is 5.41 Å². The van der Waals surface area contributed by atoms with E-state index in [1.165, 1.54) is 0 Å². The Kier molecular flexibility index (Phi) is 2.87. The monoisotopic (exact) mass is 232 g/mol. The topological polar surface area (TPSA) is 66.0 Å². The second-order valence-corrected chi connectivity index (χ2v) is 4.18. The van der Waals surface area contributed by atoms with E-state index in [1.54, 1.807) is 17.5 Å². The van der Waals surface area contributed by atoms with Crippen molar-refractivity contribution < 1.29 is 0 Å². The molecule has 0 aliphatic carbocycles. The van der Waals surface area contributed by atoms with Gasteiger partial charge in [-0.25, -0.2) is 4.98 Å². The third-order valence-electron chi connectivity index (χ3n) is 2.26. The van der Waals surface area contributed by atoms with E-state index < -0.39 is 0 Å². The first kappa shape index (κ1) is 10.6. The molecule has 0 unspecified atom stereocenters. The van der Waals surface area contributed by atoms with Crippen LogP contribution >= 0.6 is 11.3 Å². The molecule has 2 rings (SSSR count). The maximum absolute atomic E-state index is 7.53. The lowest BCUT2D eigenvalue weighted by Crippen LogP contribution is -2.18. The Bertz CT molecular complexity index is 492. The van der Waals surface area contributed by atoms with Gasteiger partial charge in [-0.15, -0.1) is 11.3 Å². The van der Waals surface area contributed by atoms with Crippen LogP contribution in [-0.4, -0.2) is 17.9 Å². The molecule has 3 N–H and O–H groups in total. The molecule has 1 aromatic heterocycles. The molecule has 0 radical (unpaired) electrons. The number of amidine groups is 1. The zero-order chi connectivity index (χ0) is 11.5. The molecule has 82 valence electrons. The number of para-hydroxylation sites is 1. The average Bonchev–Trinajstić information content (AvgIpc) is 2.81. The molecule has 0 saturated heterocycles. The Labute approximate surface area is 97.9 Å². The van der Waals surface area contributed by atoms with Crippen LogP contribution in [0.25, 0.3) is 0 Å². The zero-order valence-electron chi connectivity index (χ0n) is 8.84. The highest BCUT2D eigenvalue weighted by Crippen LogP contribution is 2.27. The lowest BCUT2D eigenvalue weighted by Gasteiger charge is -2.18. The fraction of sp³-hybridized carbons (Fsp3) is 0.0909. The molecule has 0 aliphatic heterocycles. The van der Waals surface area contributed by atoms with Gasteiger partial charge in [-0.05, 0) is 12.1 Å². The van der Waals surface area contributed by atoms with Crippen molar-refractivity contribution in [2.75, 3.05) is 11.9 Å². The number of hydrogen-bond acceptors (Lipinski definition) is 4. The van der Waals surface area contributed by atoms with Crippen molar-refractivity contribution in [3.8, 4) is 0 Å². The minimum Gasteiger partial charge on any atom is -0.384 e. The molecular weight excluding hydrogens is 220 g/mol. The predicted octanol–water partition coefficient (Wildman–Crippen LogP) is 2.20. The molecule has 4 nitrogen and oxygen atoms in total. The van der Waals surface area contributed by atoms with Gasteiger partial charge >= 0.3 is 0 Å². The summed E-state index contributed by atoms with van der Waals surface area (Å²) < 4.78 is 0. The van der Waals surface area contributed by atoms with Crippen molar-refractivity contribution in [3.05, 3.63) is 41.4 Å². The van der Waals surface area contributed by atoms with Gasteiger partial charge in [-0.2, -0.15) is 0 Å². The van der Waals surface area contributed by atoms with E-state index in [4.69, 9.17) is 11.1 Å². The highest BCUT2D eigenvalue weighted by molar-refractivity contribution is 7.13. The summed E-state index contributed by atoms with van der Waals surface area (Å²) in [5, 5.41) is 10.3. The number of hydrogen-bond donors (Lipinski definition) is 2. The smallest absolute Gasteiger partial charge is 0.189 e. The summed E-state index contributed by atoms with van der Waals surface area (Å²) in [6.45, 7) is 0. The molecule has 0 aliphatic rings. The number of nitrogens with two attached hydrogens (primary N) is 1. The fourth-order valence-electron chi connectivity index (χ4n) is 1.48. The summed E-state index contributed by atoms with van der Waals surface area (Å²) in [5.74, 6) is 0.0685. The van der Waals surface area contributed by atoms with Crippen LogP contribution in [0.1, 0.15) is 5.56 Å². The molecular formula is C11H12N4S. The Morgan fingerprint density at radius 2 is 2.19 bits per heavy atom. The second kappa shape index (κ2) is 4.32. The summed E-state index contributed by atoms with van der Waals surface area (Å²) in [6, 6.07) is 7.56. The normalized spacial score (nSPS) is 10.1. The SMILES string of the molecule is CN(c1nccs1)c1ccccc1C(=N)N. The largest absolute Gasteiger partial charge is 0.384 e. The summed E-state index contributed by atoms with van der Waals surface area (Å²) in [6.07, 6.45) is 1.76. The van der Waals surface area contributed by atoms with E-state index in [-0.39, 0.29) is 5.84 Å². The highest BCUT2D eigenvalue weighted by atomic mass is 32.1. The highest BCUT2D eigenvalue weighted by Gasteiger charge is 2.11. The summed E-state index contributed by atoms with van der Waals surface area (Å²) >= 11 is 1.55. The number of nitrogen functional groups attached to an aromatic ring is 1. The van der Waals surface area contributed by atoms with Gasteiger partial charge in [0.25, 0.3) is 0 Å². The first-order valence-electron chi connectivity index (χ1n) is 4.77. The van der Waals surface area contributed by atoms with Gasteiger partial charge in [0.15, 0.2) is 5.13 Å². The fourth-order valence-corrected chi connectivity index (χ4v) is 2.10. The van der Waals surface area contributed by atoms with Gasteiger partial charge in [0.2, 0.25) is 0 Å². The molecule has 16 heavy (non-hydrogen) atoms. The summed E-state index contributed by atoms with van der Waals surface area (Å²) in [7, 11) is 1.92. The van der Waals surface area contributed by atoms with Crippen molar-refractivity contribution in [2.24, 2.45) is 5.73 Å². The quantitative estimate of drug-likeness (QED) is 0.629. The summed E-state index contributed by atoms with van der Waals surface area (Å²) in [4.78, 5) is 6.16. The van der Waals surface area contributed by atoms with Crippen LogP contribution in [0.2, 0.25) is 0 Å². The van der Waals surface area contributed by atoms with Crippen LogP contribution < -0.4 is 10.6 Å². The van der Waals surface area contributed by atoms with Gasteiger partial charge in [0.05, 0.1) is 5.69 Å². The van der Waals surface area contributed by atoms with E-state index in [2.05, 4.69) is 4.98 Å². The van der Waals surface area contributed by atoms with E-state index in [9.17, 15) is 0 Å². The molecule has 0 spiro atoms. The van der Waals surface area contributed by atoms with Gasteiger partial charge in [0, 0.05) is 24.2 Å². The van der Waals surface area contributed by atoms with Crippen LogP contribution in [0, 0.1) is 5.41 Å². The Morgan fingerprint density at radius 3 is 2.81 bits per heavy atom. The third kappa shape index (κ3) is 1.90. The van der Waals surface area contributed by atoms with Crippen molar-refractivity contribution in [1.29, 1.82) is 5.41 Å². The molecule has 2 aromatic rings. The van der Waals surface area contributed by atoms with Crippen LogP contribution in [0.5, 0.6) is 0 Å². The van der Waals surface area contributed by atoms with Crippen LogP contribution in [-0.2, 0) is 0 Å². The number of nitrogens with one attached hydrogen (secondary N) is 1. The van der Waals surface area contributed by atoms with Crippen LogP contribution in [0.15, 0.2) is 35.8 Å². The van der Waals surface area contributed by atoms with Crippen molar-refractivity contribution in [3.63, 3.8) is 0 Å². The number of nitrogens with zero attached hydrogens (tertiary/aromatic N) is 2. The van der Waals surface area contributed by atoms with E-state index in [1.807, 2.05) is 41.6 Å². The number of aromatic nitrogens is 1. The first-order chi connectivity index (χ1) is 7.70. The Hall–Kier alpha value is -1.88. The number of thiazole rings is 1. The molecule has 0 fully saturated rings. The van der Waals surface area contributed by atoms with Gasteiger partial charge in [0.1, 0.15) is 5.84 Å². The maximum atomic E-state index is 7.53. The molecule has 5 heteroatoms. The Balaban J connectivity index is 2.44. The van der Waals surface area contributed by atoms with Crippen molar-refractivity contribution in [1.82, 2.24) is 4.98 Å². The average molecular weight is 232 g/mol. The van der Waals surface area contributed by atoms with Crippen LogP contribution in [0.3, 0.4) is 0 Å². The lowest BCUT2D eigenvalue weighted by molar-refractivity contribution is 1.16. The predicted molar refractivity (Wildman–Crippen MR) is 67.6 cm³/mol. The number of rotatable bonds is 3. The standard InChI is InChI=1S/C11H12N4S/c1-15(11-14-6-7-16-11)9-5-3-2-4-8(9)10(12)13/h2-7H,1H3,(H3,12,13). The summed E-state index contributed by atoms with van der Waals surface area (Å²) in [5.41, 5.74) is 7.16. The molecule has 0 saturated carbocycles. The number of anilines is 2.